The molecule has 4 N–H and O–H groups in total. The van der Waals surface area contributed by atoms with Crippen molar-refractivity contribution in [3.63, 3.8) is 0 Å². The van der Waals surface area contributed by atoms with E-state index in [4.69, 9.17) is 0 Å². The highest BCUT2D eigenvalue weighted by molar-refractivity contribution is 6.79. The Labute approximate surface area is 293 Å². The molecule has 0 spiro atoms. The summed E-state index contributed by atoms with van der Waals surface area (Å²) >= 11 is 0. The first-order valence-electron chi connectivity index (χ1n) is 12.3. The molecule has 0 fully saturated rings. The molecule has 0 saturated heterocycles. The van der Waals surface area contributed by atoms with Crippen LogP contribution >= 0.6 is 0 Å². The molecule has 0 aliphatic rings. The van der Waals surface area contributed by atoms with Crippen molar-refractivity contribution >= 4 is 8.40 Å². The lowest BCUT2D eigenvalue weighted by molar-refractivity contribution is -0.468. The van der Waals surface area contributed by atoms with Gasteiger partial charge in [0.1, 0.15) is 0 Å². The van der Waals surface area contributed by atoms with Crippen molar-refractivity contribution in [1.29, 1.82) is 0 Å². The molecule has 0 atom stereocenters. The van der Waals surface area contributed by atoms with Gasteiger partial charge in [0.15, 0.2) is 0 Å². The maximum absolute atomic E-state index is 14.4. The number of hydrogen-bond donors (Lipinski definition) is 2. The highest BCUT2D eigenvalue weighted by atomic mass is 28.4. The van der Waals surface area contributed by atoms with E-state index < -0.39 is 115 Å². The van der Waals surface area contributed by atoms with Crippen molar-refractivity contribution in [2.45, 2.75) is 106 Å². The second-order valence-electron chi connectivity index (χ2n) is 11.1. The molecule has 0 heterocycles. The van der Waals surface area contributed by atoms with Gasteiger partial charge in [0.25, 0.3) is 0 Å². The fourth-order valence-corrected chi connectivity index (χ4v) is 5.19. The Balaban J connectivity index is 7.92. The molecule has 0 aromatic heterocycles. The lowest BCUT2D eigenvalue weighted by atomic mass is 9.89. The molecule has 0 amide bonds. The molecule has 0 unspecified atom stereocenters. The minimum Gasteiger partial charge on any atom is -0.330 e. The molecule has 0 aromatic rings. The third-order valence-electron chi connectivity index (χ3n) is 7.27. The van der Waals surface area contributed by atoms with E-state index in [9.17, 15) is 167 Å². The summed E-state index contributed by atoms with van der Waals surface area (Å²) in [5.41, 5.74) is -19.0. The van der Waals surface area contributed by atoms with Crippen LogP contribution in [0.3, 0.4) is 0 Å². The largest absolute Gasteiger partial charge is 0.460 e. The predicted octanol–water partition coefficient (Wildman–Crippen LogP) is 10.7. The summed E-state index contributed by atoms with van der Waals surface area (Å²) in [5, 5.41) is 6.41. The summed E-state index contributed by atoms with van der Waals surface area (Å²) in [7, 11) is -10.7. The van der Waals surface area contributed by atoms with E-state index in [0.717, 1.165) is 0 Å². The molecule has 59 heavy (non-hydrogen) atoms. The van der Waals surface area contributed by atoms with Gasteiger partial charge in [0, 0.05) is 0 Å². The molecule has 0 radical (unpaired) electrons. The van der Waals surface area contributed by atoms with Crippen molar-refractivity contribution in [3.05, 3.63) is 0 Å². The zero-order chi connectivity index (χ0) is 49.5. The zero-order valence-corrected chi connectivity index (χ0v) is 26.0. The summed E-state index contributed by atoms with van der Waals surface area (Å²) in [5.74, 6) is -136. The number of rotatable bonds is 16. The van der Waals surface area contributed by atoms with Crippen LogP contribution in [-0.4, -0.2) is 115 Å². The topological polar surface area (TPSA) is 52.0 Å². The average molecular weight is 998 g/mol. The maximum Gasteiger partial charge on any atom is 0.460 e. The van der Waals surface area contributed by atoms with Gasteiger partial charge in [-0.25, -0.2) is 17.6 Å². The maximum atomic E-state index is 14.4. The first-order valence-corrected chi connectivity index (χ1v) is 14.4. The Morgan fingerprint density at radius 2 is 0.271 bits per heavy atom. The first kappa shape index (κ1) is 56.5. The summed E-state index contributed by atoms with van der Waals surface area (Å²) in [6.07, 6.45) is -16.9. The summed E-state index contributed by atoms with van der Waals surface area (Å²) < 4.78 is 511. The Morgan fingerprint density at radius 3 is 0.390 bits per heavy atom. The van der Waals surface area contributed by atoms with Gasteiger partial charge in [-0.05, 0) is 0 Å². The summed E-state index contributed by atoms with van der Waals surface area (Å²) in [6.45, 7) is 0. The van der Waals surface area contributed by atoms with Crippen LogP contribution < -0.4 is 10.8 Å². The van der Waals surface area contributed by atoms with Crippen LogP contribution in [0, 0.1) is 0 Å². The number of nitrogens with two attached hydrogens (primary N) is 2. The van der Waals surface area contributed by atoms with E-state index in [0.29, 0.717) is 0 Å². The normalized spacial score (nSPS) is 17.5. The quantitative estimate of drug-likeness (QED) is 0.120. The van der Waals surface area contributed by atoms with Crippen molar-refractivity contribution < 1.29 is 167 Å². The van der Waals surface area contributed by atoms with E-state index in [1.807, 2.05) is 0 Å². The number of hydrogen-bond acceptors (Lipinski definition) is 2. The highest BCUT2D eigenvalue weighted by Crippen LogP contribution is 2.69. The summed E-state index contributed by atoms with van der Waals surface area (Å²) in [4.78, 5) is 0. The average Bonchev–Trinajstić information content (AvgIpc) is 2.98. The van der Waals surface area contributed by atoms with Crippen LogP contribution in [0.2, 0.25) is 0 Å². The SMILES string of the molecule is N[Si](N)(C(F)(F)C(F)(F)C(F)(F)C(F)(F)C(F)(F)C(F)(F)C(F)(F)C(F)(F)C(F)(F)F)C(F)(F)C(F)(F)C(F)(F)C(F)(F)C(F)(F)C(F)(F)C(F)(F)C(F)(F)C(F)(F)F. The molecule has 0 aliphatic carbocycles. The fourth-order valence-electron chi connectivity index (χ4n) is 3.44. The van der Waals surface area contributed by atoms with Gasteiger partial charge < -0.3 is 10.8 Å². The lowest BCUT2D eigenvalue weighted by Crippen LogP contribution is -2.90. The van der Waals surface area contributed by atoms with Crippen LogP contribution in [0.25, 0.3) is 0 Å². The third kappa shape index (κ3) is 6.24. The molecule has 0 aliphatic heterocycles. The van der Waals surface area contributed by atoms with Gasteiger partial charge in [-0.2, -0.15) is 149 Å². The van der Waals surface area contributed by atoms with E-state index in [-0.39, 0.29) is 0 Å². The first-order chi connectivity index (χ1) is 24.5. The third-order valence-corrected chi connectivity index (χ3v) is 9.98. The van der Waals surface area contributed by atoms with Crippen LogP contribution in [0.15, 0.2) is 0 Å². The molecule has 0 bridgehead atoms. The van der Waals surface area contributed by atoms with E-state index in [1.165, 1.54) is 0 Å². The number of alkyl halides is 38. The van der Waals surface area contributed by atoms with Crippen molar-refractivity contribution in [2.75, 3.05) is 0 Å². The van der Waals surface area contributed by atoms with Gasteiger partial charge in [-0.3, -0.25) is 0 Å². The van der Waals surface area contributed by atoms with E-state index in [2.05, 4.69) is 10.8 Å². The van der Waals surface area contributed by atoms with Crippen molar-refractivity contribution in [2.24, 2.45) is 10.8 Å². The van der Waals surface area contributed by atoms with Crippen LogP contribution in [-0.2, 0) is 0 Å². The predicted molar refractivity (Wildman–Crippen MR) is 105 cm³/mol. The second-order valence-corrected chi connectivity index (χ2v) is 14.0. The molecular weight excluding hydrogens is 994 g/mol. The van der Waals surface area contributed by atoms with Crippen molar-refractivity contribution in [3.8, 4) is 0 Å². The van der Waals surface area contributed by atoms with Crippen LogP contribution in [0.5, 0.6) is 0 Å². The Bertz CT molecular complexity index is 1430. The Morgan fingerprint density at radius 1 is 0.169 bits per heavy atom. The lowest BCUT2D eigenvalue weighted by Gasteiger charge is -2.48. The molecule has 0 rings (SSSR count). The smallest absolute Gasteiger partial charge is 0.330 e. The minimum absolute atomic E-state index is 3.20. The van der Waals surface area contributed by atoms with Gasteiger partial charge >= 0.3 is 115 Å². The molecule has 356 valence electrons. The van der Waals surface area contributed by atoms with Crippen molar-refractivity contribution in [1.82, 2.24) is 0 Å². The molecular formula is C18H4F38N2Si. The molecule has 0 aromatic carbocycles. The highest BCUT2D eigenvalue weighted by Gasteiger charge is 3.02. The van der Waals surface area contributed by atoms with Crippen LogP contribution in [0.4, 0.5) is 167 Å². The van der Waals surface area contributed by atoms with Crippen LogP contribution in [0.1, 0.15) is 0 Å². The van der Waals surface area contributed by atoms with Gasteiger partial charge in [0.05, 0.1) is 0 Å². The van der Waals surface area contributed by atoms with Gasteiger partial charge in [0.2, 0.25) is 0 Å². The molecule has 0 saturated carbocycles. The van der Waals surface area contributed by atoms with E-state index >= 15 is 0 Å². The second kappa shape index (κ2) is 13.2. The monoisotopic (exact) mass is 998 g/mol. The fraction of sp³-hybridized carbons (Fsp3) is 1.00. The summed E-state index contributed by atoms with van der Waals surface area (Å²) in [6, 6.07) is 0. The molecule has 2 nitrogen and oxygen atoms in total. The van der Waals surface area contributed by atoms with Gasteiger partial charge in [-0.1, -0.05) is 0 Å². The number of halogens is 38. The minimum atomic E-state index is -10.7. The Kier molecular flexibility index (Phi) is 12.7. The Hall–Kier alpha value is -2.52. The van der Waals surface area contributed by atoms with Gasteiger partial charge in [-0.15, -0.1) is 0 Å². The van der Waals surface area contributed by atoms with E-state index in [1.54, 1.807) is 0 Å². The zero-order valence-electron chi connectivity index (χ0n) is 25.0. The molecule has 41 heteroatoms. The standard InChI is InChI=1S/C18H4F38N2Si/c19-1(20,3(23,24)7(31,32)11(39,40)15(47,48)49)5(27,28)9(35,36)13(43,44)17(53,54)59(57,58)18(55,56)14(45,46)10(37,38)6(29,30)2(21,22)4(25,26)8(33,34)12(41,42)16(50,51)52/h57-58H2.